The summed E-state index contributed by atoms with van der Waals surface area (Å²) in [5.74, 6) is 1.65. The minimum Gasteiger partial charge on any atom is -0.486 e. The van der Waals surface area contributed by atoms with E-state index in [1.807, 2.05) is 12.1 Å². The number of rotatable bonds is 5. The molecular weight excluding hydrogens is 230 g/mol. The van der Waals surface area contributed by atoms with Crippen LogP contribution in [-0.2, 0) is 4.74 Å². The van der Waals surface area contributed by atoms with Crippen molar-refractivity contribution in [1.29, 1.82) is 0 Å². The molecule has 1 aromatic rings. The Labute approximate surface area is 108 Å². The van der Waals surface area contributed by atoms with Gasteiger partial charge in [0.1, 0.15) is 13.2 Å². The molecular formula is C14H21NO3. The summed E-state index contributed by atoms with van der Waals surface area (Å²) >= 11 is 0. The first kappa shape index (κ1) is 13.2. The smallest absolute Gasteiger partial charge is 0.161 e. The van der Waals surface area contributed by atoms with Crippen LogP contribution in [0.2, 0.25) is 0 Å². The summed E-state index contributed by atoms with van der Waals surface area (Å²) in [6, 6.07) is 6.24. The Balaban J connectivity index is 2.24. The van der Waals surface area contributed by atoms with E-state index in [2.05, 4.69) is 25.2 Å². The summed E-state index contributed by atoms with van der Waals surface area (Å²) in [7, 11) is 1.73. The first-order valence-electron chi connectivity index (χ1n) is 6.42. The number of methoxy groups -OCH3 is 1. The molecule has 1 N–H and O–H groups in total. The molecule has 0 saturated heterocycles. The van der Waals surface area contributed by atoms with Crippen molar-refractivity contribution in [3.8, 4) is 11.5 Å². The van der Waals surface area contributed by atoms with Crippen LogP contribution >= 0.6 is 0 Å². The Kier molecular flexibility index (Phi) is 4.44. The predicted octanol–water partition coefficient (Wildman–Crippen LogP) is 2.14. The van der Waals surface area contributed by atoms with Crippen molar-refractivity contribution in [3.05, 3.63) is 23.8 Å². The topological polar surface area (TPSA) is 39.7 Å². The number of ether oxygens (including phenoxy) is 3. The van der Waals surface area contributed by atoms with Gasteiger partial charge in [0, 0.05) is 7.11 Å². The Morgan fingerprint density at radius 3 is 2.67 bits per heavy atom. The Bertz CT molecular complexity index is 395. The fraction of sp³-hybridized carbons (Fsp3) is 0.571. The molecule has 18 heavy (non-hydrogen) atoms. The fourth-order valence-corrected chi connectivity index (χ4v) is 2.16. The third-order valence-electron chi connectivity index (χ3n) is 3.19. The minimum absolute atomic E-state index is 0.104. The molecule has 4 heteroatoms. The van der Waals surface area contributed by atoms with Gasteiger partial charge in [0.2, 0.25) is 0 Å². The van der Waals surface area contributed by atoms with Gasteiger partial charge in [-0.25, -0.2) is 0 Å². The maximum Gasteiger partial charge on any atom is 0.161 e. The van der Waals surface area contributed by atoms with Gasteiger partial charge in [-0.3, -0.25) is 0 Å². The molecule has 0 aliphatic carbocycles. The summed E-state index contributed by atoms with van der Waals surface area (Å²) in [5.41, 5.74) is 1.16. The number of hydrogen-bond donors (Lipinski definition) is 1. The zero-order chi connectivity index (χ0) is 13.0. The predicted molar refractivity (Wildman–Crippen MR) is 70.3 cm³/mol. The van der Waals surface area contributed by atoms with E-state index in [4.69, 9.17) is 14.2 Å². The molecule has 4 nitrogen and oxygen atoms in total. The number of hydrogen-bond acceptors (Lipinski definition) is 4. The molecule has 0 spiro atoms. The standard InChI is InChI=1S/C14H21NO3/c1-4-15-14(10(2)16-3)11-5-6-12-13(9-11)18-8-7-17-12/h5-6,9-10,14-15H,4,7-8H2,1-3H3. The van der Waals surface area contributed by atoms with Gasteiger partial charge in [0.15, 0.2) is 11.5 Å². The third-order valence-corrected chi connectivity index (χ3v) is 3.19. The van der Waals surface area contributed by atoms with Crippen LogP contribution in [0.25, 0.3) is 0 Å². The maximum atomic E-state index is 5.61. The fourth-order valence-electron chi connectivity index (χ4n) is 2.16. The summed E-state index contributed by atoms with van der Waals surface area (Å²) in [5, 5.41) is 3.44. The Hall–Kier alpha value is -1.26. The lowest BCUT2D eigenvalue weighted by Gasteiger charge is -2.26. The Morgan fingerprint density at radius 2 is 2.00 bits per heavy atom. The molecule has 0 aromatic heterocycles. The zero-order valence-electron chi connectivity index (χ0n) is 11.2. The van der Waals surface area contributed by atoms with E-state index in [0.29, 0.717) is 13.2 Å². The maximum absolute atomic E-state index is 5.61. The summed E-state index contributed by atoms with van der Waals surface area (Å²) in [6.07, 6.45) is 0.104. The van der Waals surface area contributed by atoms with Crippen LogP contribution in [0, 0.1) is 0 Å². The van der Waals surface area contributed by atoms with Crippen LogP contribution < -0.4 is 14.8 Å². The average Bonchev–Trinajstić information content (AvgIpc) is 2.43. The number of benzene rings is 1. The van der Waals surface area contributed by atoms with Crippen molar-refractivity contribution in [2.75, 3.05) is 26.9 Å². The van der Waals surface area contributed by atoms with Crippen molar-refractivity contribution in [1.82, 2.24) is 5.32 Å². The molecule has 1 aliphatic rings. The van der Waals surface area contributed by atoms with Crippen molar-refractivity contribution in [3.63, 3.8) is 0 Å². The molecule has 1 aliphatic heterocycles. The molecule has 2 atom stereocenters. The molecule has 2 rings (SSSR count). The second-order valence-corrected chi connectivity index (χ2v) is 4.38. The highest BCUT2D eigenvalue weighted by Gasteiger charge is 2.20. The number of nitrogens with one attached hydrogen (secondary N) is 1. The number of likely N-dealkylation sites (N-methyl/N-ethyl adjacent to an activating group) is 1. The molecule has 1 aromatic carbocycles. The van der Waals surface area contributed by atoms with E-state index in [9.17, 15) is 0 Å². The SMILES string of the molecule is CCNC(c1ccc2c(c1)OCCO2)C(C)OC. The van der Waals surface area contributed by atoms with Gasteiger partial charge in [-0.2, -0.15) is 0 Å². The zero-order valence-corrected chi connectivity index (χ0v) is 11.2. The van der Waals surface area contributed by atoms with Crippen molar-refractivity contribution in [2.24, 2.45) is 0 Å². The molecule has 100 valence electrons. The molecule has 0 amide bonds. The monoisotopic (exact) mass is 251 g/mol. The van der Waals surface area contributed by atoms with E-state index in [1.54, 1.807) is 7.11 Å². The molecule has 2 unspecified atom stereocenters. The third kappa shape index (κ3) is 2.76. The highest BCUT2D eigenvalue weighted by molar-refractivity contribution is 5.44. The minimum atomic E-state index is 0.104. The summed E-state index contributed by atoms with van der Waals surface area (Å²) < 4.78 is 16.6. The first-order valence-corrected chi connectivity index (χ1v) is 6.42. The second kappa shape index (κ2) is 6.07. The van der Waals surface area contributed by atoms with Crippen molar-refractivity contribution in [2.45, 2.75) is 26.0 Å². The van der Waals surface area contributed by atoms with Gasteiger partial charge in [-0.15, -0.1) is 0 Å². The van der Waals surface area contributed by atoms with Gasteiger partial charge >= 0.3 is 0 Å². The van der Waals surface area contributed by atoms with Crippen LogP contribution in [0.3, 0.4) is 0 Å². The van der Waals surface area contributed by atoms with Gasteiger partial charge in [-0.05, 0) is 31.2 Å². The van der Waals surface area contributed by atoms with Crippen LogP contribution in [0.15, 0.2) is 18.2 Å². The van der Waals surface area contributed by atoms with Gasteiger partial charge in [0.25, 0.3) is 0 Å². The molecule has 1 heterocycles. The van der Waals surface area contributed by atoms with E-state index in [0.717, 1.165) is 23.6 Å². The lowest BCUT2D eigenvalue weighted by atomic mass is 10.0. The lowest BCUT2D eigenvalue weighted by Crippen LogP contribution is -2.31. The molecule has 0 saturated carbocycles. The van der Waals surface area contributed by atoms with Crippen LogP contribution in [0.5, 0.6) is 11.5 Å². The van der Waals surface area contributed by atoms with Crippen molar-refractivity contribution >= 4 is 0 Å². The largest absolute Gasteiger partial charge is 0.486 e. The lowest BCUT2D eigenvalue weighted by molar-refractivity contribution is 0.0833. The second-order valence-electron chi connectivity index (χ2n) is 4.38. The summed E-state index contributed by atoms with van der Waals surface area (Å²) in [4.78, 5) is 0. The van der Waals surface area contributed by atoms with Crippen LogP contribution in [0.4, 0.5) is 0 Å². The quantitative estimate of drug-likeness (QED) is 0.870. The van der Waals surface area contributed by atoms with E-state index < -0.39 is 0 Å². The number of fused-ring (bicyclic) bond motifs is 1. The van der Waals surface area contributed by atoms with Gasteiger partial charge in [0.05, 0.1) is 12.1 Å². The van der Waals surface area contributed by atoms with E-state index in [-0.39, 0.29) is 12.1 Å². The van der Waals surface area contributed by atoms with Gasteiger partial charge in [-0.1, -0.05) is 13.0 Å². The van der Waals surface area contributed by atoms with Crippen molar-refractivity contribution < 1.29 is 14.2 Å². The molecule has 0 fully saturated rings. The van der Waals surface area contributed by atoms with Gasteiger partial charge < -0.3 is 19.5 Å². The normalized spacial score (nSPS) is 17.3. The molecule has 0 bridgehead atoms. The van der Waals surface area contributed by atoms with Crippen LogP contribution in [0.1, 0.15) is 25.5 Å². The first-order chi connectivity index (χ1) is 8.76. The molecule has 0 radical (unpaired) electrons. The van der Waals surface area contributed by atoms with E-state index >= 15 is 0 Å². The summed E-state index contributed by atoms with van der Waals surface area (Å²) in [6.45, 7) is 6.28. The highest BCUT2D eigenvalue weighted by atomic mass is 16.6. The van der Waals surface area contributed by atoms with Crippen LogP contribution in [-0.4, -0.2) is 33.0 Å². The van der Waals surface area contributed by atoms with E-state index in [1.165, 1.54) is 0 Å². The Morgan fingerprint density at radius 1 is 1.28 bits per heavy atom. The highest BCUT2D eigenvalue weighted by Crippen LogP contribution is 2.33. The average molecular weight is 251 g/mol.